The van der Waals surface area contributed by atoms with Crippen LogP contribution in [-0.4, -0.2) is 60.0 Å². The summed E-state index contributed by atoms with van der Waals surface area (Å²) in [7, 11) is 0. The second-order valence-electron chi connectivity index (χ2n) is 8.54. The summed E-state index contributed by atoms with van der Waals surface area (Å²) in [6.07, 6.45) is 1.96. The number of hydrogen-bond donors (Lipinski definition) is 2. The van der Waals surface area contributed by atoms with Crippen molar-refractivity contribution in [3.05, 3.63) is 11.9 Å². The number of nitrogens with zero attached hydrogens (tertiary/aromatic N) is 3. The molecule has 0 bridgehead atoms. The maximum atomic E-state index is 5.57. The Morgan fingerprint density at radius 1 is 1.00 bits per heavy atom. The molecule has 1 heterocycles. The predicted molar refractivity (Wildman–Crippen MR) is 101 cm³/mol. The zero-order chi connectivity index (χ0) is 18.8. The second-order valence-corrected chi connectivity index (χ2v) is 8.54. The summed E-state index contributed by atoms with van der Waals surface area (Å²) in [6.45, 7) is 18.9. The highest BCUT2D eigenvalue weighted by Gasteiger charge is 2.10. The van der Waals surface area contributed by atoms with E-state index >= 15 is 0 Å². The summed E-state index contributed by atoms with van der Waals surface area (Å²) >= 11 is 0. The molecule has 2 N–H and O–H groups in total. The molecule has 0 saturated heterocycles. The molecule has 7 heteroatoms. The van der Waals surface area contributed by atoms with E-state index in [2.05, 4.69) is 62.5 Å². The molecule has 0 aliphatic heterocycles. The lowest BCUT2D eigenvalue weighted by Crippen LogP contribution is -2.35. The maximum Gasteiger partial charge on any atom is 0.0965 e. The lowest BCUT2D eigenvalue weighted by atomic mass is 9.97. The molecule has 0 aromatic carbocycles. The Morgan fingerprint density at radius 2 is 1.68 bits per heavy atom. The van der Waals surface area contributed by atoms with Crippen LogP contribution in [0.15, 0.2) is 6.20 Å². The van der Waals surface area contributed by atoms with E-state index in [0.717, 1.165) is 25.3 Å². The van der Waals surface area contributed by atoms with Gasteiger partial charge in [0, 0.05) is 31.4 Å². The van der Waals surface area contributed by atoms with Gasteiger partial charge in [-0.3, -0.25) is 0 Å². The van der Waals surface area contributed by atoms with Gasteiger partial charge >= 0.3 is 0 Å². The smallest absolute Gasteiger partial charge is 0.0965 e. The van der Waals surface area contributed by atoms with Crippen LogP contribution in [0.3, 0.4) is 0 Å². The van der Waals surface area contributed by atoms with Gasteiger partial charge < -0.3 is 20.1 Å². The molecule has 0 saturated carbocycles. The lowest BCUT2D eigenvalue weighted by molar-refractivity contribution is 0.0445. The van der Waals surface area contributed by atoms with Crippen molar-refractivity contribution >= 4 is 0 Å². The number of ether oxygens (including phenoxy) is 2. The van der Waals surface area contributed by atoms with Gasteiger partial charge in [0.25, 0.3) is 0 Å². The highest BCUT2D eigenvalue weighted by atomic mass is 16.5. The van der Waals surface area contributed by atoms with E-state index in [-0.39, 0.29) is 5.54 Å². The third-order valence-electron chi connectivity index (χ3n) is 3.30. The fraction of sp³-hybridized carbons (Fsp3) is 0.889. The Labute approximate surface area is 152 Å². The summed E-state index contributed by atoms with van der Waals surface area (Å²) in [5.41, 5.74) is 1.34. The molecular weight excluding hydrogens is 318 g/mol. The number of nitrogens with one attached hydrogen (secondary N) is 2. The van der Waals surface area contributed by atoms with Crippen molar-refractivity contribution in [1.29, 1.82) is 0 Å². The van der Waals surface area contributed by atoms with Crippen molar-refractivity contribution in [1.82, 2.24) is 25.6 Å². The van der Waals surface area contributed by atoms with Gasteiger partial charge in [-0.1, -0.05) is 26.0 Å². The van der Waals surface area contributed by atoms with Crippen molar-refractivity contribution in [2.45, 2.75) is 60.2 Å². The molecule has 146 valence electrons. The predicted octanol–water partition coefficient (Wildman–Crippen LogP) is 1.84. The highest BCUT2D eigenvalue weighted by Crippen LogP contribution is 2.09. The summed E-state index contributed by atoms with van der Waals surface area (Å²) in [5, 5.41) is 15.0. The number of rotatable bonds is 12. The van der Waals surface area contributed by atoms with Crippen molar-refractivity contribution in [2.24, 2.45) is 5.41 Å². The van der Waals surface area contributed by atoms with Crippen molar-refractivity contribution in [3.8, 4) is 0 Å². The molecular formula is C18H37N5O2. The van der Waals surface area contributed by atoms with Gasteiger partial charge in [-0.15, -0.1) is 5.10 Å². The average molecular weight is 356 g/mol. The molecule has 0 amide bonds. The second kappa shape index (κ2) is 10.9. The van der Waals surface area contributed by atoms with Crippen molar-refractivity contribution in [2.75, 3.05) is 39.5 Å². The minimum Gasteiger partial charge on any atom is -0.378 e. The maximum absolute atomic E-state index is 5.57. The first-order valence-electron chi connectivity index (χ1n) is 9.16. The standard InChI is InChI=1S/C18H37N5O2/c1-17(2,3)15-19-7-9-24-11-12-25-10-8-23-14-16(21-22-23)13-20-18(4,5)6/h14,19-20H,7-13,15H2,1-6H3. The third-order valence-corrected chi connectivity index (χ3v) is 3.30. The molecule has 1 aromatic rings. The van der Waals surface area contributed by atoms with Crippen LogP contribution in [0.1, 0.15) is 47.2 Å². The van der Waals surface area contributed by atoms with Crippen LogP contribution in [0.2, 0.25) is 0 Å². The molecule has 0 unspecified atom stereocenters. The molecule has 25 heavy (non-hydrogen) atoms. The van der Waals surface area contributed by atoms with Crippen LogP contribution in [0, 0.1) is 5.41 Å². The minimum atomic E-state index is 0.0785. The number of hydrogen-bond acceptors (Lipinski definition) is 6. The first-order chi connectivity index (χ1) is 11.7. The fourth-order valence-corrected chi connectivity index (χ4v) is 1.97. The molecule has 0 atom stereocenters. The van der Waals surface area contributed by atoms with Crippen LogP contribution >= 0.6 is 0 Å². The quantitative estimate of drug-likeness (QED) is 0.557. The summed E-state index contributed by atoms with van der Waals surface area (Å²) < 4.78 is 12.9. The Morgan fingerprint density at radius 3 is 2.32 bits per heavy atom. The third kappa shape index (κ3) is 12.9. The van der Waals surface area contributed by atoms with E-state index in [1.165, 1.54) is 0 Å². The molecule has 7 nitrogen and oxygen atoms in total. The van der Waals surface area contributed by atoms with Crippen LogP contribution in [-0.2, 0) is 22.6 Å². The first kappa shape index (κ1) is 22.0. The summed E-state index contributed by atoms with van der Waals surface area (Å²) in [4.78, 5) is 0. The minimum absolute atomic E-state index is 0.0785. The van der Waals surface area contributed by atoms with E-state index in [1.807, 2.05) is 10.9 Å². The van der Waals surface area contributed by atoms with Crippen LogP contribution in [0.5, 0.6) is 0 Å². The lowest BCUT2D eigenvalue weighted by Gasteiger charge is -2.19. The molecule has 0 aliphatic rings. The van der Waals surface area contributed by atoms with E-state index in [4.69, 9.17) is 9.47 Å². The summed E-state index contributed by atoms with van der Waals surface area (Å²) in [5.74, 6) is 0. The number of aromatic nitrogens is 3. The monoisotopic (exact) mass is 355 g/mol. The molecule has 1 aromatic heterocycles. The molecule has 1 rings (SSSR count). The average Bonchev–Trinajstić information content (AvgIpc) is 2.93. The van der Waals surface area contributed by atoms with Crippen molar-refractivity contribution in [3.63, 3.8) is 0 Å². The van der Waals surface area contributed by atoms with E-state index in [0.29, 0.717) is 38.4 Å². The van der Waals surface area contributed by atoms with Crippen LogP contribution in [0.4, 0.5) is 0 Å². The largest absolute Gasteiger partial charge is 0.378 e. The van der Waals surface area contributed by atoms with Crippen molar-refractivity contribution < 1.29 is 9.47 Å². The van der Waals surface area contributed by atoms with Gasteiger partial charge in [0.2, 0.25) is 0 Å². The fourth-order valence-electron chi connectivity index (χ4n) is 1.97. The van der Waals surface area contributed by atoms with E-state index in [9.17, 15) is 0 Å². The summed E-state index contributed by atoms with van der Waals surface area (Å²) in [6, 6.07) is 0. The molecule has 0 fully saturated rings. The van der Waals surface area contributed by atoms with Gasteiger partial charge in [0.15, 0.2) is 0 Å². The van der Waals surface area contributed by atoms with E-state index in [1.54, 1.807) is 0 Å². The Kier molecular flexibility index (Phi) is 9.56. The Hall–Kier alpha value is -1.02. The van der Waals surface area contributed by atoms with Gasteiger partial charge in [-0.25, -0.2) is 4.68 Å². The topological polar surface area (TPSA) is 73.2 Å². The Bertz CT molecular complexity index is 463. The van der Waals surface area contributed by atoms with Crippen LogP contribution in [0.25, 0.3) is 0 Å². The van der Waals surface area contributed by atoms with Gasteiger partial charge in [0.05, 0.1) is 38.7 Å². The van der Waals surface area contributed by atoms with E-state index < -0.39 is 0 Å². The zero-order valence-corrected chi connectivity index (χ0v) is 16.9. The highest BCUT2D eigenvalue weighted by molar-refractivity contribution is 4.92. The van der Waals surface area contributed by atoms with Gasteiger partial charge in [-0.05, 0) is 26.2 Å². The Balaban J connectivity index is 1.97. The van der Waals surface area contributed by atoms with Crippen LogP contribution < -0.4 is 10.6 Å². The SMILES string of the molecule is CC(C)(C)CNCCOCCOCCn1cc(CNC(C)(C)C)nn1. The molecule has 0 aliphatic carbocycles. The zero-order valence-electron chi connectivity index (χ0n) is 16.9. The molecule has 0 radical (unpaired) electrons. The van der Waals surface area contributed by atoms with Gasteiger partial charge in [-0.2, -0.15) is 0 Å². The van der Waals surface area contributed by atoms with Gasteiger partial charge in [0.1, 0.15) is 0 Å². The normalized spacial score (nSPS) is 12.7. The first-order valence-corrected chi connectivity index (χ1v) is 9.16. The molecule has 0 spiro atoms.